The predicted molar refractivity (Wildman–Crippen MR) is 90.1 cm³/mol. The number of hydrogen-bond donors (Lipinski definition) is 0. The van der Waals surface area contributed by atoms with Gasteiger partial charge >= 0.3 is 13.3 Å². The molecule has 0 amide bonds. The van der Waals surface area contributed by atoms with E-state index >= 15 is 0 Å². The number of nitro groups is 1. The third-order valence-electron chi connectivity index (χ3n) is 3.04. The number of para-hydroxylation sites is 2. The first-order valence-corrected chi connectivity index (χ1v) is 8.95. The Bertz CT molecular complexity index is 736. The molecular weight excluding hydrogens is 333 g/mol. The summed E-state index contributed by atoms with van der Waals surface area (Å²) in [5.74, 6) is 0.514. The summed E-state index contributed by atoms with van der Waals surface area (Å²) in [6.45, 7) is 3.98. The Hall–Kier alpha value is -2.21. The molecule has 2 aromatic carbocycles. The fourth-order valence-electron chi connectivity index (χ4n) is 2.04. The van der Waals surface area contributed by atoms with Gasteiger partial charge in [-0.2, -0.15) is 0 Å². The molecule has 0 saturated carbocycles. The van der Waals surface area contributed by atoms with Crippen molar-refractivity contribution in [2.45, 2.75) is 13.8 Å². The molecule has 0 saturated heterocycles. The van der Waals surface area contributed by atoms with Crippen molar-refractivity contribution in [3.8, 4) is 11.5 Å². The van der Waals surface area contributed by atoms with Crippen LogP contribution in [0.4, 0.5) is 5.69 Å². The largest absolute Gasteiger partial charge is 0.450 e. The summed E-state index contributed by atoms with van der Waals surface area (Å²) in [6.07, 6.45) is 0. The average Bonchev–Trinajstić information content (AvgIpc) is 2.56. The first-order valence-electron chi connectivity index (χ1n) is 7.41. The fraction of sp³-hybridized carbons (Fsp3) is 0.250. The number of ether oxygens (including phenoxy) is 1. The molecule has 7 nitrogen and oxygen atoms in total. The highest BCUT2D eigenvalue weighted by atomic mass is 31.2. The van der Waals surface area contributed by atoms with Crippen LogP contribution in [0.1, 0.15) is 13.8 Å². The Labute approximate surface area is 139 Å². The molecule has 2 aromatic rings. The zero-order chi connectivity index (χ0) is 17.6. The molecule has 8 heteroatoms. The summed E-state index contributed by atoms with van der Waals surface area (Å²) in [6, 6.07) is 12.4. The minimum atomic E-state index is -3.36. The minimum Gasteiger partial charge on any atom is -0.450 e. The van der Waals surface area contributed by atoms with Gasteiger partial charge in [-0.1, -0.05) is 12.1 Å². The van der Waals surface area contributed by atoms with Gasteiger partial charge in [0.25, 0.3) is 0 Å². The van der Waals surface area contributed by atoms with Crippen LogP contribution in [0.15, 0.2) is 48.5 Å². The standard InChI is InChI=1S/C16H18NO6P/c1-3-21-24(20,22-4-2)14-11-9-13(10-12-14)23-16-8-6-5-7-15(16)17(18)19/h5-12H,3-4H2,1-2H3. The fourth-order valence-corrected chi connectivity index (χ4v) is 3.61. The van der Waals surface area contributed by atoms with E-state index in [9.17, 15) is 14.7 Å². The van der Waals surface area contributed by atoms with Gasteiger partial charge < -0.3 is 13.8 Å². The normalized spacial score (nSPS) is 11.2. The maximum Gasteiger partial charge on any atom is 0.361 e. The molecule has 0 aliphatic heterocycles. The van der Waals surface area contributed by atoms with Crippen molar-refractivity contribution < 1.29 is 23.3 Å². The molecule has 0 N–H and O–H groups in total. The molecule has 0 fully saturated rings. The van der Waals surface area contributed by atoms with Crippen LogP contribution in [0.25, 0.3) is 0 Å². The van der Waals surface area contributed by atoms with Gasteiger partial charge in [-0.25, -0.2) is 0 Å². The number of hydrogen-bond acceptors (Lipinski definition) is 6. The zero-order valence-corrected chi connectivity index (χ0v) is 14.3. The predicted octanol–water partition coefficient (Wildman–Crippen LogP) is 4.28. The third kappa shape index (κ3) is 4.20. The maximum absolute atomic E-state index is 12.7. The second-order valence-corrected chi connectivity index (χ2v) is 6.68. The smallest absolute Gasteiger partial charge is 0.361 e. The highest BCUT2D eigenvalue weighted by molar-refractivity contribution is 7.62. The van der Waals surface area contributed by atoms with E-state index in [2.05, 4.69) is 0 Å². The van der Waals surface area contributed by atoms with Crippen molar-refractivity contribution in [3.05, 3.63) is 58.6 Å². The van der Waals surface area contributed by atoms with E-state index < -0.39 is 12.5 Å². The summed E-state index contributed by atoms with van der Waals surface area (Å²) in [7, 11) is -3.36. The summed E-state index contributed by atoms with van der Waals surface area (Å²) in [4.78, 5) is 10.5. The summed E-state index contributed by atoms with van der Waals surface area (Å²) < 4.78 is 28.7. The number of nitrogens with zero attached hydrogens (tertiary/aromatic N) is 1. The van der Waals surface area contributed by atoms with Crippen LogP contribution in [0, 0.1) is 10.1 Å². The summed E-state index contributed by atoms with van der Waals surface area (Å²) in [5.41, 5.74) is -0.129. The van der Waals surface area contributed by atoms with E-state index in [0.29, 0.717) is 11.1 Å². The first-order chi connectivity index (χ1) is 11.5. The van der Waals surface area contributed by atoms with Gasteiger partial charge in [0, 0.05) is 6.07 Å². The monoisotopic (exact) mass is 351 g/mol. The van der Waals surface area contributed by atoms with Gasteiger partial charge in [0.15, 0.2) is 0 Å². The van der Waals surface area contributed by atoms with Crippen LogP contribution in [0.5, 0.6) is 11.5 Å². The highest BCUT2D eigenvalue weighted by Gasteiger charge is 2.26. The summed E-state index contributed by atoms with van der Waals surface area (Å²) in [5, 5.41) is 11.4. The van der Waals surface area contributed by atoms with Gasteiger partial charge in [-0.3, -0.25) is 14.7 Å². The molecular formula is C16H18NO6P. The number of nitro benzene ring substituents is 1. The lowest BCUT2D eigenvalue weighted by molar-refractivity contribution is -0.385. The van der Waals surface area contributed by atoms with Crippen molar-refractivity contribution in [1.29, 1.82) is 0 Å². The second-order valence-electron chi connectivity index (χ2n) is 4.65. The van der Waals surface area contributed by atoms with Gasteiger partial charge in [0.05, 0.1) is 23.4 Å². The van der Waals surface area contributed by atoms with Crippen molar-refractivity contribution in [1.82, 2.24) is 0 Å². The van der Waals surface area contributed by atoms with E-state index in [0.717, 1.165) is 0 Å². The lowest BCUT2D eigenvalue weighted by Gasteiger charge is -2.17. The minimum absolute atomic E-state index is 0.129. The molecule has 128 valence electrons. The Kier molecular flexibility index (Phi) is 6.09. The molecule has 2 rings (SSSR count). The van der Waals surface area contributed by atoms with E-state index in [1.165, 1.54) is 12.1 Å². The van der Waals surface area contributed by atoms with E-state index in [-0.39, 0.29) is 24.7 Å². The van der Waals surface area contributed by atoms with Crippen molar-refractivity contribution >= 4 is 18.6 Å². The van der Waals surface area contributed by atoms with Crippen LogP contribution in [0.3, 0.4) is 0 Å². The van der Waals surface area contributed by atoms with E-state index in [1.54, 1.807) is 50.2 Å². The summed E-state index contributed by atoms with van der Waals surface area (Å²) >= 11 is 0. The molecule has 0 bridgehead atoms. The maximum atomic E-state index is 12.7. The molecule has 0 aromatic heterocycles. The second kappa shape index (κ2) is 8.06. The number of rotatable bonds is 8. The van der Waals surface area contributed by atoms with Gasteiger partial charge in [-0.15, -0.1) is 0 Å². The van der Waals surface area contributed by atoms with Gasteiger partial charge in [0.1, 0.15) is 5.75 Å². The zero-order valence-electron chi connectivity index (χ0n) is 13.4. The Morgan fingerprint density at radius 3 is 2.12 bits per heavy atom. The van der Waals surface area contributed by atoms with Gasteiger partial charge in [-0.05, 0) is 44.2 Å². The van der Waals surface area contributed by atoms with Crippen LogP contribution in [0.2, 0.25) is 0 Å². The first kappa shape index (κ1) is 18.1. The van der Waals surface area contributed by atoms with Gasteiger partial charge in [0.2, 0.25) is 5.75 Å². The quantitative estimate of drug-likeness (QED) is 0.401. The Morgan fingerprint density at radius 1 is 1.00 bits per heavy atom. The molecule has 0 aliphatic carbocycles. The van der Waals surface area contributed by atoms with Crippen molar-refractivity contribution in [3.63, 3.8) is 0 Å². The van der Waals surface area contributed by atoms with Crippen molar-refractivity contribution in [2.24, 2.45) is 0 Å². The SMILES string of the molecule is CCOP(=O)(OCC)c1ccc(Oc2ccccc2[N+](=O)[O-])cc1. The Morgan fingerprint density at radius 2 is 1.58 bits per heavy atom. The van der Waals surface area contributed by atoms with E-state index in [1.807, 2.05) is 0 Å². The van der Waals surface area contributed by atoms with Crippen molar-refractivity contribution in [2.75, 3.05) is 13.2 Å². The van der Waals surface area contributed by atoms with E-state index in [4.69, 9.17) is 13.8 Å². The lowest BCUT2D eigenvalue weighted by atomic mass is 10.3. The molecule has 0 heterocycles. The Balaban J connectivity index is 2.24. The third-order valence-corrected chi connectivity index (χ3v) is 5.17. The number of benzene rings is 2. The molecule has 24 heavy (non-hydrogen) atoms. The average molecular weight is 351 g/mol. The van der Waals surface area contributed by atoms with Crippen LogP contribution < -0.4 is 10.0 Å². The van der Waals surface area contributed by atoms with Crippen LogP contribution >= 0.6 is 7.60 Å². The molecule has 0 atom stereocenters. The topological polar surface area (TPSA) is 87.9 Å². The van der Waals surface area contributed by atoms with Crippen LogP contribution in [-0.4, -0.2) is 18.1 Å². The van der Waals surface area contributed by atoms with Crippen LogP contribution in [-0.2, 0) is 13.6 Å². The molecule has 0 unspecified atom stereocenters. The lowest BCUT2D eigenvalue weighted by Crippen LogP contribution is -2.10. The molecule has 0 aliphatic rings. The highest BCUT2D eigenvalue weighted by Crippen LogP contribution is 2.47. The molecule has 0 radical (unpaired) electrons. The molecule has 0 spiro atoms.